The molecule has 1 aliphatic heterocycles. The molecule has 0 aliphatic carbocycles. The summed E-state index contributed by atoms with van der Waals surface area (Å²) in [5.41, 5.74) is 1.48. The Balaban J connectivity index is 1.98. The number of hydrogen-bond donors (Lipinski definition) is 1. The Morgan fingerprint density at radius 2 is 2.13 bits per heavy atom. The Morgan fingerprint density at radius 1 is 1.22 bits per heavy atom. The van der Waals surface area contributed by atoms with E-state index >= 15 is 0 Å². The molecule has 0 unspecified atom stereocenters. The van der Waals surface area contributed by atoms with Crippen LogP contribution in [0.25, 0.3) is 11.4 Å². The van der Waals surface area contributed by atoms with E-state index in [-0.39, 0.29) is 5.82 Å². The van der Waals surface area contributed by atoms with Gasteiger partial charge in [-0.05, 0) is 25.1 Å². The molecule has 1 fully saturated rings. The number of benzene rings is 1. The molecular formula is C17H21FN4O. The first-order chi connectivity index (χ1) is 11.3. The molecule has 23 heavy (non-hydrogen) atoms. The minimum absolute atomic E-state index is 0.288. The van der Waals surface area contributed by atoms with Gasteiger partial charge in [0, 0.05) is 38.4 Å². The molecule has 122 valence electrons. The lowest BCUT2D eigenvalue weighted by Crippen LogP contribution is -2.29. The summed E-state index contributed by atoms with van der Waals surface area (Å²) in [6.07, 6.45) is 1.07. The number of nitrogens with zero attached hydrogens (tertiary/aromatic N) is 3. The van der Waals surface area contributed by atoms with E-state index in [1.807, 2.05) is 12.1 Å². The van der Waals surface area contributed by atoms with Crippen molar-refractivity contribution < 1.29 is 9.13 Å². The van der Waals surface area contributed by atoms with Gasteiger partial charge in [-0.25, -0.2) is 14.4 Å². The largest absolute Gasteiger partial charge is 0.378 e. The molecule has 1 aromatic carbocycles. The van der Waals surface area contributed by atoms with Crippen molar-refractivity contribution in [2.24, 2.45) is 0 Å². The fraction of sp³-hybridized carbons (Fsp3) is 0.412. The van der Waals surface area contributed by atoms with E-state index in [1.54, 1.807) is 13.2 Å². The van der Waals surface area contributed by atoms with Gasteiger partial charge in [0.1, 0.15) is 11.6 Å². The van der Waals surface area contributed by atoms with Crippen molar-refractivity contribution in [3.63, 3.8) is 0 Å². The summed E-state index contributed by atoms with van der Waals surface area (Å²) >= 11 is 0. The summed E-state index contributed by atoms with van der Waals surface area (Å²) in [5, 5.41) is 3.38. The molecule has 0 amide bonds. The third-order valence-electron chi connectivity index (χ3n) is 3.80. The molecule has 0 saturated carbocycles. The Labute approximate surface area is 135 Å². The maximum atomic E-state index is 13.5. The highest BCUT2D eigenvalue weighted by Crippen LogP contribution is 2.22. The van der Waals surface area contributed by atoms with Gasteiger partial charge in [0.2, 0.25) is 0 Å². The molecule has 0 atom stereocenters. The van der Waals surface area contributed by atoms with E-state index in [9.17, 15) is 4.39 Å². The van der Waals surface area contributed by atoms with Crippen LogP contribution >= 0.6 is 0 Å². The van der Waals surface area contributed by atoms with Crippen molar-refractivity contribution in [3.8, 4) is 11.4 Å². The summed E-state index contributed by atoms with van der Waals surface area (Å²) in [6, 6.07) is 8.33. The lowest BCUT2D eigenvalue weighted by Gasteiger charge is -2.22. The van der Waals surface area contributed by atoms with E-state index in [4.69, 9.17) is 4.74 Å². The van der Waals surface area contributed by atoms with Crippen molar-refractivity contribution in [2.45, 2.75) is 13.0 Å². The van der Waals surface area contributed by atoms with Crippen LogP contribution in [0.1, 0.15) is 12.1 Å². The minimum atomic E-state index is -0.288. The van der Waals surface area contributed by atoms with E-state index in [0.29, 0.717) is 18.0 Å². The molecule has 1 saturated heterocycles. The number of hydrogen-bond acceptors (Lipinski definition) is 5. The summed E-state index contributed by atoms with van der Waals surface area (Å²) in [4.78, 5) is 11.4. The Hall–Kier alpha value is -2.05. The molecule has 1 aromatic heterocycles. The first-order valence-corrected chi connectivity index (χ1v) is 7.85. The number of ether oxygens (including phenoxy) is 1. The van der Waals surface area contributed by atoms with Gasteiger partial charge in [0.05, 0.1) is 12.3 Å². The highest BCUT2D eigenvalue weighted by molar-refractivity contribution is 5.58. The van der Waals surface area contributed by atoms with Crippen LogP contribution in [0.4, 0.5) is 10.2 Å². The van der Waals surface area contributed by atoms with Gasteiger partial charge in [0.25, 0.3) is 0 Å². The molecule has 0 bridgehead atoms. The van der Waals surface area contributed by atoms with Crippen molar-refractivity contribution in [2.75, 3.05) is 38.2 Å². The standard InChI is InChI=1S/C17H21FN4O/c1-23-12-15-11-16(22-8-3-6-19-7-9-22)21-17(20-15)13-4-2-5-14(18)10-13/h2,4-5,10-11,19H,3,6-9,12H2,1H3. The van der Waals surface area contributed by atoms with E-state index in [1.165, 1.54) is 12.1 Å². The molecule has 6 heteroatoms. The second-order valence-electron chi connectivity index (χ2n) is 5.58. The molecular weight excluding hydrogens is 295 g/mol. The number of halogens is 1. The first-order valence-electron chi connectivity index (χ1n) is 7.85. The smallest absolute Gasteiger partial charge is 0.161 e. The zero-order valence-corrected chi connectivity index (χ0v) is 13.3. The van der Waals surface area contributed by atoms with Crippen LogP contribution in [0.15, 0.2) is 30.3 Å². The molecule has 1 N–H and O–H groups in total. The van der Waals surface area contributed by atoms with Gasteiger partial charge in [-0.3, -0.25) is 0 Å². The molecule has 0 spiro atoms. The van der Waals surface area contributed by atoms with Crippen LogP contribution in [0.3, 0.4) is 0 Å². The summed E-state index contributed by atoms with van der Waals surface area (Å²) in [6.45, 7) is 4.19. The Kier molecular flexibility index (Phi) is 5.15. The predicted molar refractivity (Wildman–Crippen MR) is 87.8 cm³/mol. The summed E-state index contributed by atoms with van der Waals surface area (Å²) in [7, 11) is 1.64. The molecule has 3 rings (SSSR count). The van der Waals surface area contributed by atoms with Crippen molar-refractivity contribution in [1.29, 1.82) is 0 Å². The normalized spacial score (nSPS) is 15.5. The quantitative estimate of drug-likeness (QED) is 0.937. The second-order valence-corrected chi connectivity index (χ2v) is 5.58. The Bertz CT molecular complexity index is 657. The molecule has 2 aromatic rings. The van der Waals surface area contributed by atoms with Crippen LogP contribution in [-0.2, 0) is 11.3 Å². The lowest BCUT2D eigenvalue weighted by atomic mass is 10.2. The minimum Gasteiger partial charge on any atom is -0.378 e. The van der Waals surface area contributed by atoms with E-state index in [2.05, 4.69) is 20.2 Å². The van der Waals surface area contributed by atoms with Gasteiger partial charge in [-0.15, -0.1) is 0 Å². The number of nitrogens with one attached hydrogen (secondary N) is 1. The number of anilines is 1. The van der Waals surface area contributed by atoms with Crippen LogP contribution < -0.4 is 10.2 Å². The van der Waals surface area contributed by atoms with Crippen molar-refractivity contribution >= 4 is 5.82 Å². The highest BCUT2D eigenvalue weighted by Gasteiger charge is 2.14. The lowest BCUT2D eigenvalue weighted by molar-refractivity contribution is 0.181. The van der Waals surface area contributed by atoms with Crippen LogP contribution in [-0.4, -0.2) is 43.3 Å². The molecule has 2 heterocycles. The van der Waals surface area contributed by atoms with Crippen LogP contribution in [0, 0.1) is 5.82 Å². The van der Waals surface area contributed by atoms with Crippen LogP contribution in [0.2, 0.25) is 0 Å². The highest BCUT2D eigenvalue weighted by atomic mass is 19.1. The third kappa shape index (κ3) is 4.03. The third-order valence-corrected chi connectivity index (χ3v) is 3.80. The number of aromatic nitrogens is 2. The topological polar surface area (TPSA) is 50.3 Å². The maximum absolute atomic E-state index is 13.5. The zero-order valence-electron chi connectivity index (χ0n) is 13.3. The summed E-state index contributed by atoms with van der Waals surface area (Å²) in [5.74, 6) is 1.12. The fourth-order valence-corrected chi connectivity index (χ4v) is 2.70. The average Bonchev–Trinajstić information content (AvgIpc) is 2.84. The molecule has 0 radical (unpaired) electrons. The van der Waals surface area contributed by atoms with Gasteiger partial charge in [-0.2, -0.15) is 0 Å². The summed E-state index contributed by atoms with van der Waals surface area (Å²) < 4.78 is 18.7. The van der Waals surface area contributed by atoms with Gasteiger partial charge in [-0.1, -0.05) is 12.1 Å². The number of methoxy groups -OCH3 is 1. The van der Waals surface area contributed by atoms with Gasteiger partial charge >= 0.3 is 0 Å². The monoisotopic (exact) mass is 316 g/mol. The van der Waals surface area contributed by atoms with Gasteiger partial charge in [0.15, 0.2) is 5.82 Å². The number of rotatable bonds is 4. The predicted octanol–water partition coefficient (Wildman–Crippen LogP) is 2.23. The second kappa shape index (κ2) is 7.48. The van der Waals surface area contributed by atoms with Crippen LogP contribution in [0.5, 0.6) is 0 Å². The van der Waals surface area contributed by atoms with E-state index < -0.39 is 0 Å². The first kappa shape index (κ1) is 15.8. The van der Waals surface area contributed by atoms with E-state index in [0.717, 1.165) is 44.1 Å². The fourth-order valence-electron chi connectivity index (χ4n) is 2.70. The Morgan fingerprint density at radius 3 is 2.96 bits per heavy atom. The molecule has 1 aliphatic rings. The molecule has 5 nitrogen and oxygen atoms in total. The SMILES string of the molecule is COCc1cc(N2CCCNCC2)nc(-c2cccc(F)c2)n1. The van der Waals surface area contributed by atoms with Gasteiger partial charge < -0.3 is 15.0 Å². The van der Waals surface area contributed by atoms with Crippen molar-refractivity contribution in [1.82, 2.24) is 15.3 Å². The zero-order chi connectivity index (χ0) is 16.1. The van der Waals surface area contributed by atoms with Crippen molar-refractivity contribution in [3.05, 3.63) is 41.8 Å². The maximum Gasteiger partial charge on any atom is 0.161 e. The average molecular weight is 316 g/mol.